The van der Waals surface area contributed by atoms with Crippen LogP contribution in [-0.4, -0.2) is 32.3 Å². The topological polar surface area (TPSA) is 95.8 Å². The van der Waals surface area contributed by atoms with E-state index in [1.165, 1.54) is 24.4 Å². The Bertz CT molecular complexity index is 1580. The average molecular weight is 451 g/mol. The van der Waals surface area contributed by atoms with Gasteiger partial charge in [-0.3, -0.25) is 9.67 Å². The Morgan fingerprint density at radius 2 is 1.84 bits per heavy atom. The second-order valence-corrected chi connectivity index (χ2v) is 9.25. The van der Waals surface area contributed by atoms with E-state index in [0.29, 0.717) is 39.2 Å². The Balaban J connectivity index is 1.83. The van der Waals surface area contributed by atoms with Crippen molar-refractivity contribution >= 4 is 21.1 Å². The third-order valence-corrected chi connectivity index (χ3v) is 7.02. The van der Waals surface area contributed by atoms with Crippen molar-refractivity contribution < 1.29 is 17.3 Å². The summed E-state index contributed by atoms with van der Waals surface area (Å²) in [4.78, 5) is 4.15. The highest BCUT2D eigenvalue weighted by molar-refractivity contribution is 7.90. The smallest absolute Gasteiger partial charge is 0.271 e. The van der Waals surface area contributed by atoms with Gasteiger partial charge in [-0.15, -0.1) is 0 Å². The van der Waals surface area contributed by atoms with Crippen LogP contribution in [0.15, 0.2) is 64.5 Å². The van der Waals surface area contributed by atoms with E-state index in [4.69, 9.17) is 4.52 Å². The predicted molar refractivity (Wildman–Crippen MR) is 116 cm³/mol. The predicted octanol–water partition coefficient (Wildman–Crippen LogP) is 4.08. The number of halogens is 1. The number of hydrogen-bond acceptors (Lipinski definition) is 6. The fraction of sp³-hybridized carbons (Fsp3) is 0.136. The van der Waals surface area contributed by atoms with Gasteiger partial charge in [-0.2, -0.15) is 5.10 Å². The summed E-state index contributed by atoms with van der Waals surface area (Å²) in [7, 11) is -2.48. The average Bonchev–Trinajstić information content (AvgIpc) is 3.44. The number of aryl methyl sites for hydroxylation is 3. The van der Waals surface area contributed by atoms with E-state index in [0.717, 1.165) is 15.6 Å². The maximum absolute atomic E-state index is 14.5. The molecule has 8 nitrogen and oxygen atoms in total. The van der Waals surface area contributed by atoms with Crippen molar-refractivity contribution in [2.75, 3.05) is 0 Å². The summed E-state index contributed by atoms with van der Waals surface area (Å²) in [5, 5.41) is 8.14. The zero-order valence-electron chi connectivity index (χ0n) is 17.4. The minimum atomic E-state index is -4.25. The molecule has 0 fully saturated rings. The van der Waals surface area contributed by atoms with Crippen molar-refractivity contribution in [3.05, 3.63) is 72.4 Å². The van der Waals surface area contributed by atoms with Gasteiger partial charge in [0.1, 0.15) is 16.5 Å². The SMILES string of the molecule is Cc1noc(C)c1-c1cnc2c(-c3cnn(C)c3)cn(S(=O)(=O)c3ccccc3F)c2c1. The molecule has 4 aromatic heterocycles. The minimum Gasteiger partial charge on any atom is -0.361 e. The Morgan fingerprint density at radius 3 is 2.50 bits per heavy atom. The van der Waals surface area contributed by atoms with Gasteiger partial charge < -0.3 is 4.52 Å². The molecule has 5 rings (SSSR count). The molecule has 10 heteroatoms. The van der Waals surface area contributed by atoms with Crippen molar-refractivity contribution in [3.63, 3.8) is 0 Å². The quantitative estimate of drug-likeness (QED) is 0.408. The lowest BCUT2D eigenvalue weighted by Crippen LogP contribution is -2.13. The van der Waals surface area contributed by atoms with E-state index in [1.54, 1.807) is 50.2 Å². The van der Waals surface area contributed by atoms with Gasteiger partial charge in [-0.05, 0) is 32.0 Å². The van der Waals surface area contributed by atoms with Gasteiger partial charge in [0.25, 0.3) is 10.0 Å². The van der Waals surface area contributed by atoms with Crippen molar-refractivity contribution in [2.45, 2.75) is 18.7 Å². The third kappa shape index (κ3) is 3.02. The molecule has 0 atom stereocenters. The molecule has 0 saturated heterocycles. The first kappa shape index (κ1) is 20.1. The van der Waals surface area contributed by atoms with Crippen LogP contribution in [0.4, 0.5) is 4.39 Å². The highest BCUT2D eigenvalue weighted by Crippen LogP contribution is 2.35. The van der Waals surface area contributed by atoms with Gasteiger partial charge in [0, 0.05) is 47.9 Å². The van der Waals surface area contributed by atoms with Crippen LogP contribution in [0.5, 0.6) is 0 Å². The van der Waals surface area contributed by atoms with Crippen LogP contribution in [0.2, 0.25) is 0 Å². The molecule has 0 unspecified atom stereocenters. The van der Waals surface area contributed by atoms with Gasteiger partial charge in [0.2, 0.25) is 0 Å². The van der Waals surface area contributed by atoms with E-state index in [-0.39, 0.29) is 0 Å². The maximum atomic E-state index is 14.5. The number of rotatable bonds is 4. The largest absolute Gasteiger partial charge is 0.361 e. The van der Waals surface area contributed by atoms with Gasteiger partial charge in [-0.1, -0.05) is 17.3 Å². The number of aromatic nitrogens is 5. The molecule has 4 heterocycles. The van der Waals surface area contributed by atoms with Crippen molar-refractivity contribution in [2.24, 2.45) is 7.05 Å². The van der Waals surface area contributed by atoms with E-state index >= 15 is 0 Å². The summed E-state index contributed by atoms with van der Waals surface area (Å²) < 4.78 is 49.4. The fourth-order valence-electron chi connectivity index (χ4n) is 3.84. The lowest BCUT2D eigenvalue weighted by Gasteiger charge is -2.09. The van der Waals surface area contributed by atoms with Crippen molar-refractivity contribution in [3.8, 4) is 22.3 Å². The molecule has 0 radical (unpaired) electrons. The second-order valence-electron chi connectivity index (χ2n) is 7.47. The summed E-state index contributed by atoms with van der Waals surface area (Å²) in [6.45, 7) is 3.57. The number of hydrogen-bond donors (Lipinski definition) is 0. The molecule has 0 aliphatic carbocycles. The monoisotopic (exact) mass is 451 g/mol. The van der Waals surface area contributed by atoms with E-state index < -0.39 is 20.7 Å². The lowest BCUT2D eigenvalue weighted by atomic mass is 10.1. The van der Waals surface area contributed by atoms with Crippen LogP contribution in [0.1, 0.15) is 11.5 Å². The Labute approximate surface area is 183 Å². The number of fused-ring (bicyclic) bond motifs is 1. The number of nitrogens with zero attached hydrogens (tertiary/aromatic N) is 5. The maximum Gasteiger partial charge on any atom is 0.271 e. The zero-order valence-corrected chi connectivity index (χ0v) is 18.3. The molecule has 0 saturated carbocycles. The molecule has 32 heavy (non-hydrogen) atoms. The molecule has 0 N–H and O–H groups in total. The molecular weight excluding hydrogens is 433 g/mol. The first-order chi connectivity index (χ1) is 15.3. The number of pyridine rings is 1. The van der Waals surface area contributed by atoms with Crippen LogP contribution in [-0.2, 0) is 17.1 Å². The van der Waals surface area contributed by atoms with Crippen LogP contribution in [0.3, 0.4) is 0 Å². The molecule has 0 spiro atoms. The molecule has 0 aliphatic rings. The summed E-state index contributed by atoms with van der Waals surface area (Å²) in [6.07, 6.45) is 6.49. The molecule has 0 aliphatic heterocycles. The van der Waals surface area contributed by atoms with E-state index in [9.17, 15) is 12.8 Å². The van der Waals surface area contributed by atoms with Gasteiger partial charge in [0.15, 0.2) is 0 Å². The highest BCUT2D eigenvalue weighted by Gasteiger charge is 2.26. The Morgan fingerprint density at radius 1 is 1.06 bits per heavy atom. The summed E-state index contributed by atoms with van der Waals surface area (Å²) >= 11 is 0. The summed E-state index contributed by atoms with van der Waals surface area (Å²) in [5.74, 6) is -0.238. The van der Waals surface area contributed by atoms with Crippen LogP contribution in [0, 0.1) is 19.7 Å². The Hall–Kier alpha value is -3.79. The molecule has 162 valence electrons. The van der Waals surface area contributed by atoms with Crippen molar-refractivity contribution in [1.82, 2.24) is 23.9 Å². The summed E-state index contributed by atoms with van der Waals surface area (Å²) in [6, 6.07) is 6.99. The highest BCUT2D eigenvalue weighted by atomic mass is 32.2. The fourth-order valence-corrected chi connectivity index (χ4v) is 5.26. The summed E-state index contributed by atoms with van der Waals surface area (Å²) in [5.41, 5.74) is 4.06. The number of benzene rings is 1. The standard InChI is InChI=1S/C22H18FN5O3S/c1-13-21(14(2)31-26-13)15-8-19-22(24-9-15)17(16-10-25-27(3)11-16)12-28(19)32(29,30)20-7-5-4-6-18(20)23/h4-12H,1-3H3. The van der Waals surface area contributed by atoms with Crippen molar-refractivity contribution in [1.29, 1.82) is 0 Å². The van der Waals surface area contributed by atoms with Gasteiger partial charge in [0.05, 0.1) is 22.9 Å². The first-order valence-corrected chi connectivity index (χ1v) is 11.1. The molecule has 5 aromatic rings. The van der Waals surface area contributed by atoms with Crippen LogP contribution >= 0.6 is 0 Å². The lowest BCUT2D eigenvalue weighted by molar-refractivity contribution is 0.393. The molecule has 1 aromatic carbocycles. The van der Waals surface area contributed by atoms with E-state index in [2.05, 4.69) is 15.2 Å². The molecular formula is C22H18FN5O3S. The molecule has 0 amide bonds. The third-order valence-electron chi connectivity index (χ3n) is 5.32. The molecule has 0 bridgehead atoms. The Kier molecular flexibility index (Phi) is 4.48. The van der Waals surface area contributed by atoms with Crippen LogP contribution < -0.4 is 0 Å². The minimum absolute atomic E-state index is 0.310. The normalized spacial score (nSPS) is 12.0. The van der Waals surface area contributed by atoms with Crippen LogP contribution in [0.25, 0.3) is 33.3 Å². The zero-order chi connectivity index (χ0) is 22.6. The van der Waals surface area contributed by atoms with Gasteiger partial charge >= 0.3 is 0 Å². The first-order valence-electron chi connectivity index (χ1n) is 9.71. The second kappa shape index (κ2) is 7.13. The van der Waals surface area contributed by atoms with Gasteiger partial charge in [-0.25, -0.2) is 16.8 Å². The van der Waals surface area contributed by atoms with E-state index in [1.807, 2.05) is 0 Å².